The van der Waals surface area contributed by atoms with Gasteiger partial charge in [0.2, 0.25) is 0 Å². The van der Waals surface area contributed by atoms with Crippen molar-refractivity contribution in [2.75, 3.05) is 11.9 Å². The van der Waals surface area contributed by atoms with Crippen LogP contribution in [0.4, 0.5) is 5.69 Å². The number of hydrogen-bond acceptors (Lipinski definition) is 1. The Labute approximate surface area is 120 Å². The van der Waals surface area contributed by atoms with Crippen molar-refractivity contribution in [3.05, 3.63) is 64.1 Å². The second kappa shape index (κ2) is 5.15. The van der Waals surface area contributed by atoms with Crippen LogP contribution in [0.25, 0.3) is 0 Å². The van der Waals surface area contributed by atoms with Crippen LogP contribution in [0.15, 0.2) is 53.0 Å². The Balaban J connectivity index is 2.11. The average Bonchev–Trinajstić information content (AvgIpc) is 2.58. The van der Waals surface area contributed by atoms with Crippen LogP contribution >= 0.6 is 15.9 Å². The molecule has 1 amide bonds. The zero-order valence-corrected chi connectivity index (χ0v) is 11.9. The second-order valence-electron chi connectivity index (χ2n) is 4.61. The van der Waals surface area contributed by atoms with E-state index in [9.17, 15) is 4.79 Å². The number of benzene rings is 2. The number of hydrogen-bond donors (Lipinski definition) is 2. The summed E-state index contributed by atoms with van der Waals surface area (Å²) in [6, 6.07) is 16.4. The van der Waals surface area contributed by atoms with Gasteiger partial charge in [0.25, 0.3) is 5.91 Å². The highest BCUT2D eigenvalue weighted by atomic mass is 79.9. The van der Waals surface area contributed by atoms with Crippen molar-refractivity contribution >= 4 is 27.5 Å². The van der Waals surface area contributed by atoms with E-state index in [0.717, 1.165) is 15.7 Å². The molecule has 3 nitrogen and oxygen atoms in total. The highest BCUT2D eigenvalue weighted by Gasteiger charge is 2.26. The van der Waals surface area contributed by atoms with Crippen LogP contribution in [0.1, 0.15) is 17.2 Å². The first-order valence-corrected chi connectivity index (χ1v) is 7.01. The monoisotopic (exact) mass is 317 g/mol. The third-order valence-electron chi connectivity index (χ3n) is 3.32. The predicted octanol–water partition coefficient (Wildman–Crippen LogP) is 2.05. The van der Waals surface area contributed by atoms with Gasteiger partial charge in [0, 0.05) is 15.6 Å². The lowest BCUT2D eigenvalue weighted by Gasteiger charge is -2.15. The minimum atomic E-state index is 0.0435. The van der Waals surface area contributed by atoms with Gasteiger partial charge in [-0.2, -0.15) is 0 Å². The molecule has 1 atom stereocenters. The van der Waals surface area contributed by atoms with Gasteiger partial charge in [0.15, 0.2) is 6.54 Å². The Morgan fingerprint density at radius 2 is 1.95 bits per heavy atom. The molecule has 0 saturated carbocycles. The molecule has 0 aromatic heterocycles. The van der Waals surface area contributed by atoms with Gasteiger partial charge >= 0.3 is 0 Å². The highest BCUT2D eigenvalue weighted by Crippen LogP contribution is 2.29. The van der Waals surface area contributed by atoms with E-state index in [2.05, 4.69) is 44.8 Å². The summed E-state index contributed by atoms with van der Waals surface area (Å²) < 4.78 is 1.02. The van der Waals surface area contributed by atoms with Crippen LogP contribution in [0.2, 0.25) is 0 Å². The van der Waals surface area contributed by atoms with Crippen LogP contribution < -0.4 is 10.6 Å². The number of carbonyl (C=O) groups is 1. The minimum Gasteiger partial charge on any atom is -0.328 e. The molecule has 1 aliphatic rings. The molecule has 0 aliphatic carbocycles. The van der Waals surface area contributed by atoms with Gasteiger partial charge in [-0.1, -0.05) is 46.3 Å². The van der Waals surface area contributed by atoms with E-state index in [1.54, 1.807) is 0 Å². The molecule has 0 spiro atoms. The summed E-state index contributed by atoms with van der Waals surface area (Å²) in [5.41, 5.74) is 3.24. The van der Waals surface area contributed by atoms with Crippen LogP contribution in [0.3, 0.4) is 0 Å². The average molecular weight is 318 g/mol. The number of halogens is 1. The summed E-state index contributed by atoms with van der Waals surface area (Å²) in [7, 11) is 0. The zero-order chi connectivity index (χ0) is 13.2. The van der Waals surface area contributed by atoms with Gasteiger partial charge in [-0.05, 0) is 18.2 Å². The number of carbonyl (C=O) groups excluding carboxylic acids is 1. The van der Waals surface area contributed by atoms with Crippen molar-refractivity contribution < 1.29 is 10.1 Å². The fourth-order valence-electron chi connectivity index (χ4n) is 2.43. The molecule has 4 heteroatoms. The maximum absolute atomic E-state index is 11.8. The molecule has 2 aromatic carbocycles. The SMILES string of the molecule is O=C1C[NH2+]C(c2ccccc2)c2cc(Br)ccc2N1. The molecular weight excluding hydrogens is 304 g/mol. The van der Waals surface area contributed by atoms with Crippen molar-refractivity contribution in [1.29, 1.82) is 0 Å². The summed E-state index contributed by atoms with van der Waals surface area (Å²) in [5, 5.41) is 5.03. The molecule has 1 aliphatic heterocycles. The fourth-order valence-corrected chi connectivity index (χ4v) is 2.81. The number of fused-ring (bicyclic) bond motifs is 1. The summed E-state index contributed by atoms with van der Waals surface area (Å²) in [6.45, 7) is 0.436. The first-order chi connectivity index (χ1) is 9.24. The normalized spacial score (nSPS) is 18.4. The first kappa shape index (κ1) is 12.4. The van der Waals surface area contributed by atoms with E-state index in [4.69, 9.17) is 0 Å². The van der Waals surface area contributed by atoms with Gasteiger partial charge in [-0.3, -0.25) is 4.79 Å². The number of quaternary nitrogens is 1. The molecule has 3 N–H and O–H groups in total. The van der Waals surface area contributed by atoms with Crippen molar-refractivity contribution in [2.45, 2.75) is 6.04 Å². The van der Waals surface area contributed by atoms with Crippen molar-refractivity contribution in [2.24, 2.45) is 0 Å². The topological polar surface area (TPSA) is 45.7 Å². The number of nitrogens with two attached hydrogens (primary N) is 1. The first-order valence-electron chi connectivity index (χ1n) is 6.21. The van der Waals surface area contributed by atoms with E-state index in [0.29, 0.717) is 6.54 Å². The van der Waals surface area contributed by atoms with Gasteiger partial charge in [-0.15, -0.1) is 0 Å². The van der Waals surface area contributed by atoms with E-state index in [-0.39, 0.29) is 11.9 Å². The van der Waals surface area contributed by atoms with Crippen molar-refractivity contribution in [3.63, 3.8) is 0 Å². The molecule has 96 valence electrons. The van der Waals surface area contributed by atoms with Crippen LogP contribution in [-0.2, 0) is 4.79 Å². The quantitative estimate of drug-likeness (QED) is 0.831. The van der Waals surface area contributed by atoms with E-state index < -0.39 is 0 Å². The van der Waals surface area contributed by atoms with Gasteiger partial charge in [-0.25, -0.2) is 0 Å². The molecule has 0 bridgehead atoms. The lowest BCUT2D eigenvalue weighted by molar-refractivity contribution is -0.675. The predicted molar refractivity (Wildman–Crippen MR) is 77.8 cm³/mol. The standard InChI is InChI=1S/C15H13BrN2O/c16-11-6-7-13-12(8-11)15(17-9-14(19)18-13)10-4-2-1-3-5-10/h1-8,15,17H,9H2,(H,18,19)/p+1. The fraction of sp³-hybridized carbons (Fsp3) is 0.133. The molecule has 0 radical (unpaired) electrons. The minimum absolute atomic E-state index is 0.0435. The maximum Gasteiger partial charge on any atom is 0.279 e. The van der Waals surface area contributed by atoms with Gasteiger partial charge < -0.3 is 10.6 Å². The number of nitrogens with one attached hydrogen (secondary N) is 1. The highest BCUT2D eigenvalue weighted by molar-refractivity contribution is 9.10. The molecular formula is C15H14BrN2O+. The molecule has 1 heterocycles. The lowest BCUT2D eigenvalue weighted by Crippen LogP contribution is -2.86. The molecule has 19 heavy (non-hydrogen) atoms. The Kier molecular flexibility index (Phi) is 3.36. The zero-order valence-electron chi connectivity index (χ0n) is 10.3. The van der Waals surface area contributed by atoms with Crippen LogP contribution in [0.5, 0.6) is 0 Å². The number of amides is 1. The van der Waals surface area contributed by atoms with Gasteiger partial charge in [0.05, 0.1) is 5.69 Å². The van der Waals surface area contributed by atoms with E-state index >= 15 is 0 Å². The van der Waals surface area contributed by atoms with Gasteiger partial charge in [0.1, 0.15) is 6.04 Å². The van der Waals surface area contributed by atoms with Crippen LogP contribution in [-0.4, -0.2) is 12.5 Å². The number of anilines is 1. The molecule has 3 rings (SSSR count). The molecule has 1 unspecified atom stereocenters. The van der Waals surface area contributed by atoms with Crippen LogP contribution in [0, 0.1) is 0 Å². The molecule has 0 saturated heterocycles. The molecule has 0 fully saturated rings. The Morgan fingerprint density at radius 3 is 2.74 bits per heavy atom. The third kappa shape index (κ3) is 2.55. The lowest BCUT2D eigenvalue weighted by atomic mass is 9.97. The Morgan fingerprint density at radius 1 is 1.16 bits per heavy atom. The summed E-state index contributed by atoms with van der Waals surface area (Å²) >= 11 is 3.50. The number of rotatable bonds is 1. The largest absolute Gasteiger partial charge is 0.328 e. The summed E-state index contributed by atoms with van der Waals surface area (Å²) in [6.07, 6.45) is 0. The van der Waals surface area contributed by atoms with Crippen molar-refractivity contribution in [1.82, 2.24) is 0 Å². The summed E-state index contributed by atoms with van der Waals surface area (Å²) in [5.74, 6) is 0.0435. The van der Waals surface area contributed by atoms with Crippen molar-refractivity contribution in [3.8, 4) is 0 Å². The summed E-state index contributed by atoms with van der Waals surface area (Å²) in [4.78, 5) is 11.8. The Hall–Kier alpha value is -1.65. The second-order valence-corrected chi connectivity index (χ2v) is 5.52. The van der Waals surface area contributed by atoms with E-state index in [1.807, 2.05) is 30.3 Å². The molecule has 2 aromatic rings. The van der Waals surface area contributed by atoms with E-state index in [1.165, 1.54) is 5.56 Å². The maximum atomic E-state index is 11.8. The Bertz CT molecular complexity index is 613. The third-order valence-corrected chi connectivity index (χ3v) is 3.81. The smallest absolute Gasteiger partial charge is 0.279 e.